The number of phenols is 1. The third-order valence-electron chi connectivity index (χ3n) is 3.73. The number of ketones is 1. The zero-order valence-electron chi connectivity index (χ0n) is 10.9. The molecule has 5 nitrogen and oxygen atoms in total. The maximum Gasteiger partial charge on any atom is 0.200 e. The summed E-state index contributed by atoms with van der Waals surface area (Å²) in [6, 6.07) is 12.0. The van der Waals surface area contributed by atoms with E-state index in [1.807, 2.05) is 12.1 Å². The van der Waals surface area contributed by atoms with Gasteiger partial charge in [0.05, 0.1) is 16.8 Å². The third-order valence-corrected chi connectivity index (χ3v) is 3.73. The molecule has 102 valence electrons. The van der Waals surface area contributed by atoms with Crippen molar-refractivity contribution in [3.05, 3.63) is 53.6 Å². The minimum atomic E-state index is -0.116. The van der Waals surface area contributed by atoms with Crippen molar-refractivity contribution in [1.29, 1.82) is 0 Å². The number of benzene rings is 2. The fourth-order valence-electron chi connectivity index (χ4n) is 2.74. The second-order valence-electron chi connectivity index (χ2n) is 4.97. The summed E-state index contributed by atoms with van der Waals surface area (Å²) in [5.74, 6) is 0.0553. The van der Waals surface area contributed by atoms with Crippen LogP contribution in [-0.2, 0) is 0 Å². The van der Waals surface area contributed by atoms with Crippen LogP contribution < -0.4 is 5.73 Å². The average Bonchev–Trinajstić information content (AvgIpc) is 3.02. The molecule has 2 aromatic carbocycles. The minimum Gasteiger partial charge on any atom is -0.508 e. The van der Waals surface area contributed by atoms with Crippen LogP contribution in [0.5, 0.6) is 5.75 Å². The van der Waals surface area contributed by atoms with Crippen LogP contribution in [0.15, 0.2) is 42.5 Å². The molecule has 0 spiro atoms. The number of nitrogens with zero attached hydrogens (tertiary/aromatic N) is 1. The predicted octanol–water partition coefficient (Wildman–Crippen LogP) is 2.58. The van der Waals surface area contributed by atoms with Crippen LogP contribution in [0.25, 0.3) is 22.5 Å². The lowest BCUT2D eigenvalue weighted by Crippen LogP contribution is -2.02. The quantitative estimate of drug-likeness (QED) is 0.466. The maximum atomic E-state index is 12.6. The number of hydrogen-bond acceptors (Lipinski definition) is 4. The fraction of sp³-hybridized carbons (Fsp3) is 0. The summed E-state index contributed by atoms with van der Waals surface area (Å²) in [5, 5.41) is 16.5. The first-order chi connectivity index (χ1) is 10.2. The Kier molecular flexibility index (Phi) is 2.21. The van der Waals surface area contributed by atoms with Crippen molar-refractivity contribution in [3.63, 3.8) is 0 Å². The molecule has 0 atom stereocenters. The first-order valence-corrected chi connectivity index (χ1v) is 6.48. The largest absolute Gasteiger partial charge is 0.508 e. The smallest absolute Gasteiger partial charge is 0.200 e. The second kappa shape index (κ2) is 3.96. The van der Waals surface area contributed by atoms with Gasteiger partial charge in [0.25, 0.3) is 0 Å². The summed E-state index contributed by atoms with van der Waals surface area (Å²) >= 11 is 0. The Labute approximate surface area is 120 Å². The van der Waals surface area contributed by atoms with E-state index in [9.17, 15) is 9.90 Å². The Hall–Kier alpha value is -3.08. The highest BCUT2D eigenvalue weighted by Crippen LogP contribution is 2.42. The Morgan fingerprint density at radius 3 is 2.57 bits per heavy atom. The van der Waals surface area contributed by atoms with Gasteiger partial charge in [0.1, 0.15) is 11.4 Å². The van der Waals surface area contributed by atoms with Crippen molar-refractivity contribution >= 4 is 11.5 Å². The van der Waals surface area contributed by atoms with Gasteiger partial charge >= 0.3 is 0 Å². The summed E-state index contributed by atoms with van der Waals surface area (Å²) in [4.78, 5) is 12.6. The molecule has 1 aliphatic rings. The van der Waals surface area contributed by atoms with E-state index in [-0.39, 0.29) is 11.5 Å². The maximum absolute atomic E-state index is 12.6. The first kappa shape index (κ1) is 11.7. The second-order valence-corrected chi connectivity index (χ2v) is 4.97. The molecule has 0 fully saturated rings. The molecular formula is C16H11N3O2. The van der Waals surface area contributed by atoms with Gasteiger partial charge in [-0.05, 0) is 30.3 Å². The van der Waals surface area contributed by atoms with Crippen molar-refractivity contribution in [2.75, 3.05) is 5.73 Å². The van der Waals surface area contributed by atoms with E-state index in [0.717, 1.165) is 11.1 Å². The Morgan fingerprint density at radius 2 is 1.81 bits per heavy atom. The van der Waals surface area contributed by atoms with Crippen LogP contribution in [0.4, 0.5) is 5.69 Å². The highest BCUT2D eigenvalue weighted by Gasteiger charge is 2.33. The van der Waals surface area contributed by atoms with E-state index in [1.165, 1.54) is 0 Å². The molecule has 0 radical (unpaired) electrons. The van der Waals surface area contributed by atoms with Gasteiger partial charge in [-0.3, -0.25) is 9.89 Å². The van der Waals surface area contributed by atoms with E-state index < -0.39 is 0 Å². The van der Waals surface area contributed by atoms with E-state index in [4.69, 9.17) is 5.73 Å². The number of aromatic nitrogens is 2. The molecule has 4 N–H and O–H groups in total. The highest BCUT2D eigenvalue weighted by atomic mass is 16.3. The zero-order chi connectivity index (χ0) is 14.6. The van der Waals surface area contributed by atoms with Crippen molar-refractivity contribution in [2.24, 2.45) is 0 Å². The number of nitrogen functional groups attached to an aromatic ring is 1. The van der Waals surface area contributed by atoms with Gasteiger partial charge in [-0.1, -0.05) is 12.1 Å². The number of aromatic amines is 1. The molecule has 0 saturated heterocycles. The monoisotopic (exact) mass is 277 g/mol. The SMILES string of the molecule is Nc1cccc2c1C(=O)c1c(-c3ccc(O)cc3)n[nH]c1-2. The minimum absolute atomic E-state index is 0.116. The number of hydrogen-bond donors (Lipinski definition) is 3. The van der Waals surface area contributed by atoms with Crippen LogP contribution in [0.3, 0.4) is 0 Å². The van der Waals surface area contributed by atoms with Gasteiger partial charge in [0.15, 0.2) is 5.78 Å². The first-order valence-electron chi connectivity index (χ1n) is 6.48. The summed E-state index contributed by atoms with van der Waals surface area (Å²) in [5.41, 5.74) is 10.3. The van der Waals surface area contributed by atoms with Gasteiger partial charge in [0.2, 0.25) is 0 Å². The van der Waals surface area contributed by atoms with Crippen LogP contribution in [0, 0.1) is 0 Å². The van der Waals surface area contributed by atoms with Crippen molar-refractivity contribution in [3.8, 4) is 28.3 Å². The van der Waals surface area contributed by atoms with Crippen LogP contribution >= 0.6 is 0 Å². The zero-order valence-corrected chi connectivity index (χ0v) is 10.9. The van der Waals surface area contributed by atoms with Crippen molar-refractivity contribution < 1.29 is 9.90 Å². The number of H-pyrrole nitrogens is 1. The predicted molar refractivity (Wildman–Crippen MR) is 79.0 cm³/mol. The number of fused-ring (bicyclic) bond motifs is 3. The molecular weight excluding hydrogens is 266 g/mol. The number of carbonyl (C=O) groups excluding carboxylic acids is 1. The van der Waals surface area contributed by atoms with E-state index in [1.54, 1.807) is 30.3 Å². The van der Waals surface area contributed by atoms with Crippen molar-refractivity contribution in [2.45, 2.75) is 0 Å². The highest BCUT2D eigenvalue weighted by molar-refractivity contribution is 6.26. The lowest BCUT2D eigenvalue weighted by atomic mass is 10.0. The van der Waals surface area contributed by atoms with E-state index in [2.05, 4.69) is 10.2 Å². The Balaban J connectivity index is 1.95. The van der Waals surface area contributed by atoms with Gasteiger partial charge in [-0.2, -0.15) is 5.10 Å². The molecule has 0 unspecified atom stereocenters. The number of carbonyl (C=O) groups is 1. The lowest BCUT2D eigenvalue weighted by Gasteiger charge is -2.02. The number of nitrogens with two attached hydrogens (primary N) is 1. The summed E-state index contributed by atoms with van der Waals surface area (Å²) in [6.45, 7) is 0. The number of anilines is 1. The normalized spacial score (nSPS) is 12.3. The van der Waals surface area contributed by atoms with E-state index in [0.29, 0.717) is 28.2 Å². The number of nitrogens with one attached hydrogen (secondary N) is 1. The summed E-state index contributed by atoms with van der Waals surface area (Å²) in [7, 11) is 0. The molecule has 21 heavy (non-hydrogen) atoms. The fourth-order valence-corrected chi connectivity index (χ4v) is 2.74. The molecule has 0 saturated carbocycles. The third kappa shape index (κ3) is 1.51. The van der Waals surface area contributed by atoms with Gasteiger partial charge < -0.3 is 10.8 Å². The number of aromatic hydroxyl groups is 1. The molecule has 0 amide bonds. The standard InChI is InChI=1S/C16H11N3O2/c17-11-3-1-2-10-12(11)16(21)13-14(18-19-15(10)13)8-4-6-9(20)7-5-8/h1-7,20H,17H2,(H,18,19). The topological polar surface area (TPSA) is 92.0 Å². The average molecular weight is 277 g/mol. The molecule has 3 aromatic rings. The van der Waals surface area contributed by atoms with Gasteiger partial charge in [-0.15, -0.1) is 0 Å². The summed E-state index contributed by atoms with van der Waals surface area (Å²) < 4.78 is 0. The van der Waals surface area contributed by atoms with Gasteiger partial charge in [-0.25, -0.2) is 0 Å². The molecule has 1 aromatic heterocycles. The molecule has 0 bridgehead atoms. The molecule has 4 rings (SSSR count). The van der Waals surface area contributed by atoms with Crippen molar-refractivity contribution in [1.82, 2.24) is 10.2 Å². The molecule has 1 heterocycles. The Morgan fingerprint density at radius 1 is 1.05 bits per heavy atom. The number of rotatable bonds is 1. The van der Waals surface area contributed by atoms with Gasteiger partial charge in [0, 0.05) is 16.8 Å². The molecule has 5 heteroatoms. The van der Waals surface area contributed by atoms with Crippen LogP contribution in [-0.4, -0.2) is 21.1 Å². The lowest BCUT2D eigenvalue weighted by molar-refractivity contribution is 0.104. The van der Waals surface area contributed by atoms with Crippen LogP contribution in [0.2, 0.25) is 0 Å². The Bertz CT molecular complexity index is 879. The molecule has 1 aliphatic carbocycles. The summed E-state index contributed by atoms with van der Waals surface area (Å²) in [6.07, 6.45) is 0. The van der Waals surface area contributed by atoms with Crippen LogP contribution in [0.1, 0.15) is 15.9 Å². The number of phenolic OH excluding ortho intramolecular Hbond substituents is 1. The molecule has 0 aliphatic heterocycles. The van der Waals surface area contributed by atoms with E-state index >= 15 is 0 Å².